The molecule has 0 spiro atoms. The van der Waals surface area contributed by atoms with Crippen molar-refractivity contribution >= 4 is 15.9 Å². The van der Waals surface area contributed by atoms with Gasteiger partial charge in [-0.25, -0.2) is 4.39 Å². The predicted octanol–water partition coefficient (Wildman–Crippen LogP) is 4.79. The van der Waals surface area contributed by atoms with Gasteiger partial charge in [-0.15, -0.1) is 0 Å². The molecule has 0 aromatic heterocycles. The maximum atomic E-state index is 13.2. The fraction of sp³-hybridized carbons (Fsp3) is 0.294. The van der Waals surface area contributed by atoms with E-state index in [4.69, 9.17) is 0 Å². The highest BCUT2D eigenvalue weighted by molar-refractivity contribution is 9.10. The predicted molar refractivity (Wildman–Crippen MR) is 85.4 cm³/mol. The highest BCUT2D eigenvalue weighted by atomic mass is 79.9. The lowest BCUT2D eigenvalue weighted by molar-refractivity contribution is 0.547. The number of aryl methyl sites for hydroxylation is 1. The average Bonchev–Trinajstić information content (AvgIpc) is 2.41. The highest BCUT2D eigenvalue weighted by Crippen LogP contribution is 2.23. The van der Waals surface area contributed by atoms with Crippen molar-refractivity contribution in [3.63, 3.8) is 0 Å². The van der Waals surface area contributed by atoms with Gasteiger partial charge >= 0.3 is 0 Å². The number of nitrogens with one attached hydrogen (secondary N) is 1. The molecule has 20 heavy (non-hydrogen) atoms. The Morgan fingerprint density at radius 3 is 2.65 bits per heavy atom. The summed E-state index contributed by atoms with van der Waals surface area (Å²) in [5, 5.41) is 3.50. The average molecular weight is 336 g/mol. The van der Waals surface area contributed by atoms with E-state index in [2.05, 4.69) is 40.3 Å². The monoisotopic (exact) mass is 335 g/mol. The van der Waals surface area contributed by atoms with E-state index in [0.29, 0.717) is 0 Å². The van der Waals surface area contributed by atoms with Crippen molar-refractivity contribution in [2.75, 3.05) is 6.54 Å². The van der Waals surface area contributed by atoms with Gasteiger partial charge in [0.05, 0.1) is 0 Å². The zero-order valence-corrected chi connectivity index (χ0v) is 13.4. The molecule has 0 saturated heterocycles. The normalized spacial score (nSPS) is 12.4. The Kier molecular flexibility index (Phi) is 5.32. The fourth-order valence-corrected chi connectivity index (χ4v) is 2.80. The SMILES string of the molecule is CCNC(Cc1ccc(F)cc1C)c1cccc(Br)c1. The van der Waals surface area contributed by atoms with Gasteiger partial charge in [0.25, 0.3) is 0 Å². The van der Waals surface area contributed by atoms with Crippen LogP contribution in [0, 0.1) is 12.7 Å². The number of likely N-dealkylation sites (N-methyl/N-ethyl adjacent to an activating group) is 1. The second-order valence-corrected chi connectivity index (χ2v) is 5.86. The number of rotatable bonds is 5. The lowest BCUT2D eigenvalue weighted by Gasteiger charge is -2.20. The van der Waals surface area contributed by atoms with E-state index >= 15 is 0 Å². The van der Waals surface area contributed by atoms with E-state index in [1.165, 1.54) is 17.2 Å². The number of benzene rings is 2. The minimum Gasteiger partial charge on any atom is -0.310 e. The quantitative estimate of drug-likeness (QED) is 0.828. The van der Waals surface area contributed by atoms with Gasteiger partial charge in [0.15, 0.2) is 0 Å². The summed E-state index contributed by atoms with van der Waals surface area (Å²) in [6.45, 7) is 4.96. The van der Waals surface area contributed by atoms with Gasteiger partial charge in [0.1, 0.15) is 5.82 Å². The van der Waals surface area contributed by atoms with Crippen molar-refractivity contribution in [2.24, 2.45) is 0 Å². The van der Waals surface area contributed by atoms with Gasteiger partial charge in [-0.05, 0) is 60.8 Å². The standard InChI is InChI=1S/C17H19BrFN/c1-3-20-17(14-5-4-6-15(18)10-14)11-13-7-8-16(19)9-12(13)2/h4-10,17,20H,3,11H2,1-2H3. The molecule has 0 bridgehead atoms. The van der Waals surface area contributed by atoms with Crippen LogP contribution in [-0.4, -0.2) is 6.54 Å². The molecule has 0 saturated carbocycles. The summed E-state index contributed by atoms with van der Waals surface area (Å²) in [5.41, 5.74) is 3.42. The topological polar surface area (TPSA) is 12.0 Å². The van der Waals surface area contributed by atoms with Crippen molar-refractivity contribution < 1.29 is 4.39 Å². The summed E-state index contributed by atoms with van der Waals surface area (Å²) in [7, 11) is 0. The highest BCUT2D eigenvalue weighted by Gasteiger charge is 2.13. The Labute approximate surface area is 128 Å². The van der Waals surface area contributed by atoms with E-state index in [-0.39, 0.29) is 11.9 Å². The smallest absolute Gasteiger partial charge is 0.123 e. The van der Waals surface area contributed by atoms with Crippen molar-refractivity contribution in [3.05, 3.63) is 69.4 Å². The molecule has 0 aliphatic heterocycles. The molecule has 0 amide bonds. The van der Waals surface area contributed by atoms with E-state index in [1.54, 1.807) is 6.07 Å². The van der Waals surface area contributed by atoms with E-state index in [1.807, 2.05) is 25.1 Å². The van der Waals surface area contributed by atoms with Gasteiger partial charge < -0.3 is 5.32 Å². The Bertz CT molecular complexity index is 583. The molecule has 106 valence electrons. The Morgan fingerprint density at radius 1 is 1.20 bits per heavy atom. The molecule has 3 heteroatoms. The van der Waals surface area contributed by atoms with Gasteiger partial charge in [0, 0.05) is 10.5 Å². The van der Waals surface area contributed by atoms with Crippen LogP contribution in [0.2, 0.25) is 0 Å². The van der Waals surface area contributed by atoms with Crippen LogP contribution >= 0.6 is 15.9 Å². The lowest BCUT2D eigenvalue weighted by atomic mass is 9.96. The third-order valence-electron chi connectivity index (χ3n) is 3.43. The van der Waals surface area contributed by atoms with Crippen LogP contribution in [0.4, 0.5) is 4.39 Å². The molecule has 0 fully saturated rings. The molecule has 2 aromatic carbocycles. The molecule has 0 heterocycles. The second-order valence-electron chi connectivity index (χ2n) is 4.94. The van der Waals surface area contributed by atoms with Crippen LogP contribution in [0.5, 0.6) is 0 Å². The first-order valence-corrected chi connectivity index (χ1v) is 7.63. The summed E-state index contributed by atoms with van der Waals surface area (Å²) < 4.78 is 14.3. The maximum Gasteiger partial charge on any atom is 0.123 e. The molecule has 2 aromatic rings. The summed E-state index contributed by atoms with van der Waals surface area (Å²) in [5.74, 6) is -0.172. The summed E-state index contributed by atoms with van der Waals surface area (Å²) in [6, 6.07) is 13.6. The van der Waals surface area contributed by atoms with Crippen LogP contribution in [0.3, 0.4) is 0 Å². The minimum absolute atomic E-state index is 0.172. The number of hydrogen-bond acceptors (Lipinski definition) is 1. The molecular formula is C17H19BrFN. The summed E-state index contributed by atoms with van der Waals surface area (Å²) in [4.78, 5) is 0. The maximum absolute atomic E-state index is 13.2. The van der Waals surface area contributed by atoms with Crippen LogP contribution in [0.15, 0.2) is 46.9 Å². The van der Waals surface area contributed by atoms with Crippen LogP contribution in [0.1, 0.15) is 29.7 Å². The number of hydrogen-bond donors (Lipinski definition) is 1. The zero-order chi connectivity index (χ0) is 14.5. The Balaban J connectivity index is 2.25. The first-order valence-electron chi connectivity index (χ1n) is 6.84. The van der Waals surface area contributed by atoms with Gasteiger partial charge in [-0.3, -0.25) is 0 Å². The lowest BCUT2D eigenvalue weighted by Crippen LogP contribution is -2.23. The molecule has 0 radical (unpaired) electrons. The van der Waals surface area contributed by atoms with E-state index in [0.717, 1.165) is 23.0 Å². The second kappa shape index (κ2) is 7.00. The fourth-order valence-electron chi connectivity index (χ4n) is 2.39. The largest absolute Gasteiger partial charge is 0.310 e. The molecule has 1 atom stereocenters. The van der Waals surface area contributed by atoms with Gasteiger partial charge in [0.2, 0.25) is 0 Å². The molecule has 1 N–H and O–H groups in total. The number of halogens is 2. The van der Waals surface area contributed by atoms with Crippen LogP contribution in [0.25, 0.3) is 0 Å². The first-order chi connectivity index (χ1) is 9.60. The minimum atomic E-state index is -0.172. The van der Waals surface area contributed by atoms with E-state index in [9.17, 15) is 4.39 Å². The summed E-state index contributed by atoms with van der Waals surface area (Å²) in [6.07, 6.45) is 0.858. The van der Waals surface area contributed by atoms with Crippen molar-refractivity contribution in [2.45, 2.75) is 26.3 Å². The van der Waals surface area contributed by atoms with Crippen molar-refractivity contribution in [1.29, 1.82) is 0 Å². The summed E-state index contributed by atoms with van der Waals surface area (Å²) >= 11 is 3.51. The molecule has 1 nitrogen and oxygen atoms in total. The molecule has 0 aliphatic carbocycles. The van der Waals surface area contributed by atoms with Crippen molar-refractivity contribution in [3.8, 4) is 0 Å². The zero-order valence-electron chi connectivity index (χ0n) is 11.8. The molecule has 0 aliphatic rings. The Morgan fingerprint density at radius 2 is 2.00 bits per heavy atom. The third kappa shape index (κ3) is 3.90. The van der Waals surface area contributed by atoms with Crippen LogP contribution in [-0.2, 0) is 6.42 Å². The Hall–Kier alpha value is -1.19. The van der Waals surface area contributed by atoms with Gasteiger partial charge in [-0.2, -0.15) is 0 Å². The molecular weight excluding hydrogens is 317 g/mol. The third-order valence-corrected chi connectivity index (χ3v) is 3.92. The van der Waals surface area contributed by atoms with Crippen LogP contribution < -0.4 is 5.32 Å². The van der Waals surface area contributed by atoms with Crippen molar-refractivity contribution in [1.82, 2.24) is 5.32 Å². The molecule has 2 rings (SSSR count). The van der Waals surface area contributed by atoms with E-state index < -0.39 is 0 Å². The molecule has 1 unspecified atom stereocenters. The van der Waals surface area contributed by atoms with Gasteiger partial charge in [-0.1, -0.05) is 41.1 Å². The first kappa shape index (κ1) is 15.2.